The monoisotopic (exact) mass is 423 g/mol. The van der Waals surface area contributed by atoms with Gasteiger partial charge in [0.25, 0.3) is 5.91 Å². The Bertz CT molecular complexity index is 985. The lowest BCUT2D eigenvalue weighted by Gasteiger charge is -2.07. The molecule has 0 bridgehead atoms. The van der Waals surface area contributed by atoms with Gasteiger partial charge in [-0.3, -0.25) is 4.79 Å². The normalized spacial score (nSPS) is 10.6. The van der Waals surface area contributed by atoms with Crippen LogP contribution in [0.5, 0.6) is 5.75 Å². The molecule has 0 spiro atoms. The zero-order valence-electron chi connectivity index (χ0n) is 14.3. The summed E-state index contributed by atoms with van der Waals surface area (Å²) in [5.74, 6) is -0.308. The van der Waals surface area contributed by atoms with E-state index in [1.54, 1.807) is 37.4 Å². The molecule has 0 saturated carbocycles. The fourth-order valence-corrected chi connectivity index (χ4v) is 4.04. The maximum atomic E-state index is 12.2. The lowest BCUT2D eigenvalue weighted by molar-refractivity contribution is -0.124. The molecular formula is C19H15Cl2NO4S. The molecule has 2 aromatic carbocycles. The summed E-state index contributed by atoms with van der Waals surface area (Å²) in [6.07, 6.45) is 0. The van der Waals surface area contributed by atoms with Crippen molar-refractivity contribution in [1.82, 2.24) is 5.32 Å². The Morgan fingerprint density at radius 3 is 2.56 bits per heavy atom. The van der Waals surface area contributed by atoms with Crippen molar-refractivity contribution >= 4 is 56.5 Å². The number of thiophene rings is 1. The number of hydrogen-bond acceptors (Lipinski definition) is 5. The first-order chi connectivity index (χ1) is 13.0. The molecule has 0 aliphatic heterocycles. The van der Waals surface area contributed by atoms with Crippen molar-refractivity contribution in [2.45, 2.75) is 6.54 Å². The molecule has 8 heteroatoms. The van der Waals surface area contributed by atoms with Crippen molar-refractivity contribution in [1.29, 1.82) is 0 Å². The Labute approximate surface area is 169 Å². The Balaban J connectivity index is 1.55. The van der Waals surface area contributed by atoms with Crippen molar-refractivity contribution in [2.75, 3.05) is 13.7 Å². The smallest absolute Gasteiger partial charge is 0.350 e. The van der Waals surface area contributed by atoms with Gasteiger partial charge < -0.3 is 14.8 Å². The number of carbonyl (C=O) groups excluding carboxylic acids is 2. The molecule has 27 heavy (non-hydrogen) atoms. The summed E-state index contributed by atoms with van der Waals surface area (Å²) >= 11 is 13.4. The topological polar surface area (TPSA) is 64.6 Å². The summed E-state index contributed by atoms with van der Waals surface area (Å²) in [4.78, 5) is 24.4. The first kappa shape index (κ1) is 19.5. The van der Waals surface area contributed by atoms with Crippen LogP contribution in [0.1, 0.15) is 15.2 Å². The molecule has 0 radical (unpaired) electrons. The fraction of sp³-hybridized carbons (Fsp3) is 0.158. The molecular weight excluding hydrogens is 409 g/mol. The van der Waals surface area contributed by atoms with Gasteiger partial charge >= 0.3 is 5.97 Å². The summed E-state index contributed by atoms with van der Waals surface area (Å²) in [5.41, 5.74) is 0.903. The number of halogens is 2. The van der Waals surface area contributed by atoms with E-state index in [9.17, 15) is 9.59 Å². The van der Waals surface area contributed by atoms with Gasteiger partial charge in [-0.1, -0.05) is 41.4 Å². The molecule has 140 valence electrons. The van der Waals surface area contributed by atoms with Crippen LogP contribution in [0.2, 0.25) is 10.0 Å². The first-order valence-electron chi connectivity index (χ1n) is 7.92. The van der Waals surface area contributed by atoms with Gasteiger partial charge in [0.2, 0.25) is 0 Å². The number of carbonyl (C=O) groups is 2. The molecule has 1 amide bonds. The van der Waals surface area contributed by atoms with Gasteiger partial charge in [-0.2, -0.15) is 0 Å². The quantitative estimate of drug-likeness (QED) is 0.584. The average molecular weight is 424 g/mol. The number of benzene rings is 2. The molecule has 0 aliphatic carbocycles. The van der Waals surface area contributed by atoms with E-state index in [0.29, 0.717) is 16.6 Å². The zero-order chi connectivity index (χ0) is 19.4. The van der Waals surface area contributed by atoms with Gasteiger partial charge in [0.1, 0.15) is 10.6 Å². The highest BCUT2D eigenvalue weighted by Gasteiger charge is 2.19. The number of methoxy groups -OCH3 is 1. The van der Waals surface area contributed by atoms with Crippen LogP contribution in [-0.2, 0) is 16.1 Å². The number of rotatable bonds is 6. The van der Waals surface area contributed by atoms with E-state index in [1.165, 1.54) is 11.3 Å². The maximum Gasteiger partial charge on any atom is 0.350 e. The van der Waals surface area contributed by atoms with Gasteiger partial charge in [0.15, 0.2) is 6.61 Å². The third kappa shape index (κ3) is 4.71. The highest BCUT2D eigenvalue weighted by atomic mass is 35.5. The van der Waals surface area contributed by atoms with Crippen LogP contribution >= 0.6 is 34.5 Å². The second-order valence-corrected chi connectivity index (χ2v) is 7.45. The zero-order valence-corrected chi connectivity index (χ0v) is 16.6. The summed E-state index contributed by atoms with van der Waals surface area (Å²) in [6.45, 7) is -0.0666. The molecule has 0 aliphatic rings. The summed E-state index contributed by atoms with van der Waals surface area (Å²) in [7, 11) is 1.59. The van der Waals surface area contributed by atoms with Crippen molar-refractivity contribution in [3.05, 3.63) is 63.0 Å². The minimum atomic E-state index is -0.642. The highest BCUT2D eigenvalue weighted by molar-refractivity contribution is 7.21. The third-order valence-electron chi connectivity index (χ3n) is 3.76. The predicted octanol–water partition coefficient (Wildman–Crippen LogP) is 4.69. The molecule has 0 saturated heterocycles. The highest BCUT2D eigenvalue weighted by Crippen LogP contribution is 2.37. The van der Waals surface area contributed by atoms with E-state index in [4.69, 9.17) is 32.7 Å². The predicted molar refractivity (Wildman–Crippen MR) is 107 cm³/mol. The molecule has 0 fully saturated rings. The number of nitrogens with one attached hydrogen (secondary N) is 1. The van der Waals surface area contributed by atoms with E-state index in [0.717, 1.165) is 21.4 Å². The second-order valence-electron chi connectivity index (χ2n) is 5.59. The Hall–Kier alpha value is -2.28. The van der Waals surface area contributed by atoms with E-state index in [2.05, 4.69) is 5.32 Å². The Morgan fingerprint density at radius 1 is 1.11 bits per heavy atom. The Morgan fingerprint density at radius 2 is 1.85 bits per heavy atom. The molecule has 0 atom stereocenters. The van der Waals surface area contributed by atoms with E-state index in [1.807, 2.05) is 12.1 Å². The van der Waals surface area contributed by atoms with Crippen molar-refractivity contribution in [3.63, 3.8) is 0 Å². The van der Waals surface area contributed by atoms with Crippen LogP contribution in [0.3, 0.4) is 0 Å². The van der Waals surface area contributed by atoms with E-state index >= 15 is 0 Å². The van der Waals surface area contributed by atoms with Gasteiger partial charge in [0, 0.05) is 21.7 Å². The summed E-state index contributed by atoms with van der Waals surface area (Å²) in [5, 5.41) is 4.27. The fourth-order valence-electron chi connectivity index (χ4n) is 2.36. The number of hydrogen-bond donors (Lipinski definition) is 1. The molecule has 1 N–H and O–H groups in total. The SMILES string of the molecule is COc1ccc(CNC(=O)COC(=O)c2sc3cc(Cl)ccc3c2Cl)cc1. The lowest BCUT2D eigenvalue weighted by Crippen LogP contribution is -2.28. The largest absolute Gasteiger partial charge is 0.497 e. The Kier molecular flexibility index (Phi) is 6.21. The van der Waals surface area contributed by atoms with Crippen LogP contribution in [-0.4, -0.2) is 25.6 Å². The molecule has 5 nitrogen and oxygen atoms in total. The molecule has 1 heterocycles. The second kappa shape index (κ2) is 8.61. The van der Waals surface area contributed by atoms with Gasteiger partial charge in [0.05, 0.1) is 12.1 Å². The van der Waals surface area contributed by atoms with Crippen molar-refractivity contribution in [2.24, 2.45) is 0 Å². The molecule has 3 aromatic rings. The van der Waals surface area contributed by atoms with Crippen molar-refractivity contribution < 1.29 is 19.1 Å². The molecule has 1 aromatic heterocycles. The standard InChI is InChI=1S/C19H15Cl2NO4S/c1-25-13-5-2-11(3-6-13)9-22-16(23)10-26-19(24)18-17(21)14-7-4-12(20)8-15(14)27-18/h2-8H,9-10H2,1H3,(H,22,23). The van der Waals surface area contributed by atoms with Crippen LogP contribution in [0.15, 0.2) is 42.5 Å². The van der Waals surface area contributed by atoms with Crippen LogP contribution in [0.25, 0.3) is 10.1 Å². The van der Waals surface area contributed by atoms with Gasteiger partial charge in [-0.15, -0.1) is 11.3 Å². The number of amides is 1. The molecule has 0 unspecified atom stereocenters. The van der Waals surface area contributed by atoms with E-state index < -0.39 is 11.9 Å². The minimum absolute atomic E-state index is 0.247. The van der Waals surface area contributed by atoms with Gasteiger partial charge in [-0.25, -0.2) is 4.79 Å². The number of esters is 1. The summed E-state index contributed by atoms with van der Waals surface area (Å²) in [6, 6.07) is 12.5. The minimum Gasteiger partial charge on any atom is -0.497 e. The lowest BCUT2D eigenvalue weighted by atomic mass is 10.2. The van der Waals surface area contributed by atoms with Crippen LogP contribution in [0.4, 0.5) is 0 Å². The molecule has 3 rings (SSSR count). The number of fused-ring (bicyclic) bond motifs is 1. The summed E-state index contributed by atoms with van der Waals surface area (Å²) < 4.78 is 10.9. The number of ether oxygens (including phenoxy) is 2. The van der Waals surface area contributed by atoms with E-state index in [-0.39, 0.29) is 11.5 Å². The third-order valence-corrected chi connectivity index (χ3v) is 5.63. The average Bonchev–Trinajstić information content (AvgIpc) is 3.00. The maximum absolute atomic E-state index is 12.2. The van der Waals surface area contributed by atoms with Crippen LogP contribution in [0, 0.1) is 0 Å². The first-order valence-corrected chi connectivity index (χ1v) is 9.49. The van der Waals surface area contributed by atoms with Crippen LogP contribution < -0.4 is 10.1 Å². The van der Waals surface area contributed by atoms with Crippen molar-refractivity contribution in [3.8, 4) is 5.75 Å². The van der Waals surface area contributed by atoms with Gasteiger partial charge in [-0.05, 0) is 29.8 Å².